The quantitative estimate of drug-likeness (QED) is 0.711. The standard InChI is InChI=1S/C10H11F2NO/c11-7-1-2-8(9(12)5-7)10(14)3-4-13-6-10/h1-2,5,13-14H,3-4,6H2. The normalized spacial score (nSPS) is 26.8. The van der Waals surface area contributed by atoms with Gasteiger partial charge in [0.05, 0.1) is 0 Å². The molecule has 1 heterocycles. The highest BCUT2D eigenvalue weighted by Gasteiger charge is 2.35. The lowest BCUT2D eigenvalue weighted by atomic mass is 9.92. The van der Waals surface area contributed by atoms with Gasteiger partial charge in [-0.3, -0.25) is 0 Å². The molecule has 1 aliphatic heterocycles. The molecule has 1 fully saturated rings. The molecule has 0 radical (unpaired) electrons. The molecular weight excluding hydrogens is 188 g/mol. The highest BCUT2D eigenvalue weighted by Crippen LogP contribution is 2.29. The minimum absolute atomic E-state index is 0.170. The molecule has 0 saturated carbocycles. The predicted octanol–water partition coefficient (Wildman–Crippen LogP) is 1.15. The molecular formula is C10H11F2NO. The molecule has 1 aliphatic rings. The topological polar surface area (TPSA) is 32.3 Å². The van der Waals surface area contributed by atoms with Crippen molar-refractivity contribution in [3.05, 3.63) is 35.4 Å². The van der Waals surface area contributed by atoms with E-state index in [1.165, 1.54) is 6.07 Å². The molecule has 1 atom stereocenters. The first-order valence-electron chi connectivity index (χ1n) is 4.50. The molecule has 4 heteroatoms. The summed E-state index contributed by atoms with van der Waals surface area (Å²) >= 11 is 0. The fourth-order valence-corrected chi connectivity index (χ4v) is 1.78. The number of halogens is 2. The van der Waals surface area contributed by atoms with Crippen molar-refractivity contribution in [3.63, 3.8) is 0 Å². The van der Waals surface area contributed by atoms with Crippen molar-refractivity contribution in [1.82, 2.24) is 5.32 Å². The van der Waals surface area contributed by atoms with Crippen molar-refractivity contribution >= 4 is 0 Å². The maximum absolute atomic E-state index is 13.3. The van der Waals surface area contributed by atoms with Gasteiger partial charge in [-0.05, 0) is 19.0 Å². The third-order valence-electron chi connectivity index (χ3n) is 2.57. The highest BCUT2D eigenvalue weighted by molar-refractivity contribution is 5.26. The van der Waals surface area contributed by atoms with E-state index in [1.807, 2.05) is 0 Å². The Morgan fingerprint density at radius 3 is 2.71 bits per heavy atom. The van der Waals surface area contributed by atoms with Crippen LogP contribution in [0.2, 0.25) is 0 Å². The second-order valence-electron chi connectivity index (χ2n) is 3.58. The van der Waals surface area contributed by atoms with Crippen molar-refractivity contribution in [3.8, 4) is 0 Å². The van der Waals surface area contributed by atoms with Crippen LogP contribution < -0.4 is 5.32 Å². The molecule has 0 aliphatic carbocycles. The van der Waals surface area contributed by atoms with Crippen LogP contribution in [-0.4, -0.2) is 18.2 Å². The van der Waals surface area contributed by atoms with Gasteiger partial charge >= 0.3 is 0 Å². The minimum Gasteiger partial charge on any atom is -0.384 e. The number of hydrogen-bond acceptors (Lipinski definition) is 2. The van der Waals surface area contributed by atoms with Crippen LogP contribution >= 0.6 is 0 Å². The lowest BCUT2D eigenvalue weighted by Gasteiger charge is -2.22. The number of β-amino-alcohol motifs (C(OH)–C–C–N with tert-alkyl or cyclic N) is 1. The molecule has 76 valence electrons. The van der Waals surface area contributed by atoms with Crippen molar-refractivity contribution in [2.45, 2.75) is 12.0 Å². The highest BCUT2D eigenvalue weighted by atomic mass is 19.1. The van der Waals surface area contributed by atoms with Crippen molar-refractivity contribution in [1.29, 1.82) is 0 Å². The Morgan fingerprint density at radius 1 is 1.36 bits per heavy atom. The molecule has 1 aromatic rings. The Balaban J connectivity index is 2.40. The van der Waals surface area contributed by atoms with E-state index >= 15 is 0 Å². The molecule has 2 rings (SSSR count). The Morgan fingerprint density at radius 2 is 2.14 bits per heavy atom. The molecule has 2 nitrogen and oxygen atoms in total. The van der Waals surface area contributed by atoms with Crippen LogP contribution in [-0.2, 0) is 5.60 Å². The van der Waals surface area contributed by atoms with Gasteiger partial charge in [0.1, 0.15) is 17.2 Å². The van der Waals surface area contributed by atoms with Gasteiger partial charge in [-0.1, -0.05) is 6.07 Å². The van der Waals surface area contributed by atoms with E-state index in [1.54, 1.807) is 0 Å². The summed E-state index contributed by atoms with van der Waals surface area (Å²) in [7, 11) is 0. The molecule has 0 amide bonds. The van der Waals surface area contributed by atoms with Gasteiger partial charge in [0.25, 0.3) is 0 Å². The largest absolute Gasteiger partial charge is 0.384 e. The summed E-state index contributed by atoms with van der Waals surface area (Å²) in [6.45, 7) is 0.961. The van der Waals surface area contributed by atoms with Gasteiger partial charge in [0, 0.05) is 18.2 Å². The minimum atomic E-state index is -1.18. The Bertz CT molecular complexity index is 348. The van der Waals surface area contributed by atoms with Crippen LogP contribution in [0.15, 0.2) is 18.2 Å². The average molecular weight is 199 g/mol. The maximum atomic E-state index is 13.3. The summed E-state index contributed by atoms with van der Waals surface area (Å²) < 4.78 is 25.9. The van der Waals surface area contributed by atoms with E-state index in [2.05, 4.69) is 5.32 Å². The van der Waals surface area contributed by atoms with E-state index in [0.717, 1.165) is 12.1 Å². The third kappa shape index (κ3) is 1.51. The zero-order chi connectivity index (χ0) is 10.2. The zero-order valence-corrected chi connectivity index (χ0v) is 7.56. The lowest BCUT2D eigenvalue weighted by Crippen LogP contribution is -2.29. The summed E-state index contributed by atoms with van der Waals surface area (Å²) in [5, 5.41) is 13.0. The van der Waals surface area contributed by atoms with Crippen molar-refractivity contribution in [2.24, 2.45) is 0 Å². The third-order valence-corrected chi connectivity index (χ3v) is 2.57. The smallest absolute Gasteiger partial charge is 0.132 e. The molecule has 1 aromatic carbocycles. The molecule has 2 N–H and O–H groups in total. The second-order valence-corrected chi connectivity index (χ2v) is 3.58. The summed E-state index contributed by atoms with van der Waals surface area (Å²) in [6, 6.07) is 3.26. The van der Waals surface area contributed by atoms with E-state index in [0.29, 0.717) is 19.5 Å². The lowest BCUT2D eigenvalue weighted by molar-refractivity contribution is 0.0548. The van der Waals surface area contributed by atoms with Gasteiger partial charge in [-0.15, -0.1) is 0 Å². The summed E-state index contributed by atoms with van der Waals surface area (Å²) in [5.41, 5.74) is -1.01. The number of hydrogen-bond donors (Lipinski definition) is 2. The fraction of sp³-hybridized carbons (Fsp3) is 0.400. The molecule has 0 bridgehead atoms. The average Bonchev–Trinajstić information content (AvgIpc) is 2.52. The Kier molecular flexibility index (Phi) is 2.25. The first kappa shape index (κ1) is 9.55. The zero-order valence-electron chi connectivity index (χ0n) is 7.56. The van der Waals surface area contributed by atoms with E-state index in [9.17, 15) is 13.9 Å². The summed E-state index contributed by atoms with van der Waals surface area (Å²) in [5.74, 6) is -1.31. The number of aliphatic hydroxyl groups is 1. The van der Waals surface area contributed by atoms with Gasteiger partial charge in [0.2, 0.25) is 0 Å². The van der Waals surface area contributed by atoms with Crippen LogP contribution in [0.25, 0.3) is 0 Å². The number of benzene rings is 1. The maximum Gasteiger partial charge on any atom is 0.132 e. The predicted molar refractivity (Wildman–Crippen MR) is 47.7 cm³/mol. The summed E-state index contributed by atoms with van der Waals surface area (Å²) in [4.78, 5) is 0. The summed E-state index contributed by atoms with van der Waals surface area (Å²) in [6.07, 6.45) is 0.454. The monoisotopic (exact) mass is 199 g/mol. The van der Waals surface area contributed by atoms with E-state index < -0.39 is 17.2 Å². The molecule has 14 heavy (non-hydrogen) atoms. The van der Waals surface area contributed by atoms with Gasteiger partial charge in [0.15, 0.2) is 0 Å². The first-order chi connectivity index (χ1) is 6.62. The van der Waals surface area contributed by atoms with Crippen molar-refractivity contribution in [2.75, 3.05) is 13.1 Å². The molecule has 1 saturated heterocycles. The number of rotatable bonds is 1. The van der Waals surface area contributed by atoms with Gasteiger partial charge in [-0.25, -0.2) is 8.78 Å². The van der Waals surface area contributed by atoms with Crippen LogP contribution in [0, 0.1) is 11.6 Å². The molecule has 0 aromatic heterocycles. The fourth-order valence-electron chi connectivity index (χ4n) is 1.78. The molecule has 1 unspecified atom stereocenters. The van der Waals surface area contributed by atoms with Crippen molar-refractivity contribution < 1.29 is 13.9 Å². The Labute approximate surface area is 80.6 Å². The van der Waals surface area contributed by atoms with Crippen LogP contribution in [0.4, 0.5) is 8.78 Å². The number of nitrogens with one attached hydrogen (secondary N) is 1. The molecule has 0 spiro atoms. The first-order valence-corrected chi connectivity index (χ1v) is 4.50. The van der Waals surface area contributed by atoms with Gasteiger partial charge < -0.3 is 10.4 Å². The van der Waals surface area contributed by atoms with E-state index in [4.69, 9.17) is 0 Å². The van der Waals surface area contributed by atoms with Crippen LogP contribution in [0.1, 0.15) is 12.0 Å². The Hall–Kier alpha value is -1.00. The van der Waals surface area contributed by atoms with Crippen LogP contribution in [0.3, 0.4) is 0 Å². The van der Waals surface area contributed by atoms with Gasteiger partial charge in [-0.2, -0.15) is 0 Å². The SMILES string of the molecule is OC1(c2ccc(F)cc2F)CCNC1. The van der Waals surface area contributed by atoms with Crippen LogP contribution in [0.5, 0.6) is 0 Å². The van der Waals surface area contributed by atoms with E-state index in [-0.39, 0.29) is 5.56 Å². The second kappa shape index (κ2) is 3.29.